The molecule has 124 valence electrons. The molecule has 0 aromatic heterocycles. The Morgan fingerprint density at radius 1 is 1.50 bits per heavy atom. The normalized spacial score (nSPS) is 35.1. The molecule has 0 unspecified atom stereocenters. The Balaban J connectivity index is 1.65. The van der Waals surface area contributed by atoms with Crippen LogP contribution in [-0.4, -0.2) is 64.6 Å². The summed E-state index contributed by atoms with van der Waals surface area (Å²) >= 11 is 1.77. The van der Waals surface area contributed by atoms with Crippen molar-refractivity contribution < 1.29 is 14.3 Å². The van der Waals surface area contributed by atoms with Crippen LogP contribution in [0.1, 0.15) is 39.5 Å². The number of piperidine rings is 1. The molecular weight excluding hydrogens is 300 g/mol. The van der Waals surface area contributed by atoms with E-state index in [1.54, 1.807) is 11.8 Å². The summed E-state index contributed by atoms with van der Waals surface area (Å²) in [6.45, 7) is 7.16. The first-order valence-corrected chi connectivity index (χ1v) is 9.36. The van der Waals surface area contributed by atoms with Gasteiger partial charge in [-0.1, -0.05) is 0 Å². The summed E-state index contributed by atoms with van der Waals surface area (Å²) in [5.74, 6) is 1.47. The van der Waals surface area contributed by atoms with Gasteiger partial charge in [0.25, 0.3) is 0 Å². The quantitative estimate of drug-likeness (QED) is 0.789. The predicted octanol–water partition coefficient (Wildman–Crippen LogP) is 1.72. The summed E-state index contributed by atoms with van der Waals surface area (Å²) in [5, 5.41) is 0. The van der Waals surface area contributed by atoms with E-state index < -0.39 is 0 Å². The summed E-state index contributed by atoms with van der Waals surface area (Å²) in [5.41, 5.74) is 0. The second kappa shape index (κ2) is 6.40. The minimum absolute atomic E-state index is 0.146. The van der Waals surface area contributed by atoms with Crippen LogP contribution < -0.4 is 0 Å². The van der Waals surface area contributed by atoms with Gasteiger partial charge in [0.15, 0.2) is 0 Å². The molecule has 0 N–H and O–H groups in total. The van der Waals surface area contributed by atoms with E-state index in [0.29, 0.717) is 12.3 Å². The summed E-state index contributed by atoms with van der Waals surface area (Å²) in [6.07, 6.45) is 3.62. The summed E-state index contributed by atoms with van der Waals surface area (Å²) in [4.78, 5) is 28.8. The van der Waals surface area contributed by atoms with Crippen molar-refractivity contribution in [3.05, 3.63) is 0 Å². The van der Waals surface area contributed by atoms with Crippen molar-refractivity contribution in [3.8, 4) is 0 Å². The third-order valence-corrected chi connectivity index (χ3v) is 6.62. The highest BCUT2D eigenvalue weighted by Crippen LogP contribution is 2.47. The van der Waals surface area contributed by atoms with Crippen LogP contribution in [0.3, 0.4) is 0 Å². The van der Waals surface area contributed by atoms with Crippen LogP contribution in [0.4, 0.5) is 0 Å². The molecule has 3 aliphatic rings. The van der Waals surface area contributed by atoms with Gasteiger partial charge in [0.2, 0.25) is 11.8 Å². The number of likely N-dealkylation sites (tertiary alicyclic amines) is 1. The summed E-state index contributed by atoms with van der Waals surface area (Å²) in [7, 11) is 0. The van der Waals surface area contributed by atoms with E-state index in [-0.39, 0.29) is 22.7 Å². The Labute approximate surface area is 136 Å². The molecule has 3 fully saturated rings. The molecule has 3 aliphatic heterocycles. The molecule has 0 aromatic carbocycles. The predicted molar refractivity (Wildman–Crippen MR) is 86.5 cm³/mol. The van der Waals surface area contributed by atoms with Gasteiger partial charge in [-0.2, -0.15) is 0 Å². The van der Waals surface area contributed by atoms with E-state index in [4.69, 9.17) is 4.74 Å². The number of ether oxygens (including phenoxy) is 1. The number of fused-ring (bicyclic) bond motifs is 1. The van der Waals surface area contributed by atoms with Crippen LogP contribution in [-0.2, 0) is 14.3 Å². The Morgan fingerprint density at radius 2 is 2.32 bits per heavy atom. The SMILES string of the molecule is CCOC[C@@H]1CCCN(C(=O)[C@@H]2CS[C@@]3(C)CCC(=O)N23)C1. The van der Waals surface area contributed by atoms with Gasteiger partial charge >= 0.3 is 0 Å². The monoisotopic (exact) mass is 326 g/mol. The summed E-state index contributed by atoms with van der Waals surface area (Å²) in [6, 6.07) is -0.254. The average Bonchev–Trinajstić information content (AvgIpc) is 3.01. The lowest BCUT2D eigenvalue weighted by molar-refractivity contribution is -0.145. The van der Waals surface area contributed by atoms with Crippen LogP contribution in [0.15, 0.2) is 0 Å². The second-order valence-electron chi connectivity index (χ2n) is 6.72. The lowest BCUT2D eigenvalue weighted by Gasteiger charge is -2.37. The van der Waals surface area contributed by atoms with Crippen LogP contribution in [0.5, 0.6) is 0 Å². The fourth-order valence-corrected chi connectivity index (χ4v) is 5.32. The van der Waals surface area contributed by atoms with E-state index in [1.165, 1.54) is 0 Å². The van der Waals surface area contributed by atoms with Gasteiger partial charge in [0, 0.05) is 31.9 Å². The number of carbonyl (C=O) groups excluding carboxylic acids is 2. The number of thioether (sulfide) groups is 1. The van der Waals surface area contributed by atoms with Crippen molar-refractivity contribution in [2.24, 2.45) is 5.92 Å². The molecule has 0 bridgehead atoms. The van der Waals surface area contributed by atoms with Crippen LogP contribution in [0, 0.1) is 5.92 Å². The van der Waals surface area contributed by atoms with E-state index in [2.05, 4.69) is 6.92 Å². The van der Waals surface area contributed by atoms with Gasteiger partial charge in [0.1, 0.15) is 6.04 Å². The number of nitrogens with zero attached hydrogens (tertiary/aromatic N) is 2. The number of hydrogen-bond acceptors (Lipinski definition) is 4. The molecule has 3 rings (SSSR count). The first-order valence-electron chi connectivity index (χ1n) is 8.38. The lowest BCUT2D eigenvalue weighted by atomic mass is 9.98. The highest BCUT2D eigenvalue weighted by Gasteiger charge is 2.53. The molecule has 22 heavy (non-hydrogen) atoms. The minimum Gasteiger partial charge on any atom is -0.381 e. The van der Waals surface area contributed by atoms with Crippen LogP contribution >= 0.6 is 11.8 Å². The van der Waals surface area contributed by atoms with Gasteiger partial charge in [-0.15, -0.1) is 11.8 Å². The Morgan fingerprint density at radius 3 is 3.09 bits per heavy atom. The number of hydrogen-bond donors (Lipinski definition) is 0. The lowest BCUT2D eigenvalue weighted by Crippen LogP contribution is -2.53. The van der Waals surface area contributed by atoms with E-state index in [9.17, 15) is 9.59 Å². The highest BCUT2D eigenvalue weighted by atomic mass is 32.2. The molecule has 0 spiro atoms. The molecular formula is C16H26N2O3S. The largest absolute Gasteiger partial charge is 0.381 e. The van der Waals surface area contributed by atoms with Gasteiger partial charge < -0.3 is 14.5 Å². The fraction of sp³-hybridized carbons (Fsp3) is 0.875. The molecule has 6 heteroatoms. The van der Waals surface area contributed by atoms with Gasteiger partial charge in [-0.05, 0) is 39.0 Å². The maximum absolute atomic E-state index is 12.9. The number of amides is 2. The van der Waals surface area contributed by atoms with Gasteiger partial charge in [-0.25, -0.2) is 0 Å². The zero-order valence-electron chi connectivity index (χ0n) is 13.5. The molecule has 0 aliphatic carbocycles. The average molecular weight is 326 g/mol. The fourth-order valence-electron chi connectivity index (χ4n) is 3.90. The van der Waals surface area contributed by atoms with Gasteiger partial charge in [-0.3, -0.25) is 9.59 Å². The van der Waals surface area contributed by atoms with Crippen molar-refractivity contribution in [1.29, 1.82) is 0 Å². The van der Waals surface area contributed by atoms with Crippen molar-refractivity contribution in [1.82, 2.24) is 9.80 Å². The van der Waals surface area contributed by atoms with Gasteiger partial charge in [0.05, 0.1) is 11.5 Å². The second-order valence-corrected chi connectivity index (χ2v) is 8.22. The molecule has 3 atom stereocenters. The molecule has 0 aromatic rings. The first kappa shape index (κ1) is 16.1. The van der Waals surface area contributed by atoms with Crippen LogP contribution in [0.2, 0.25) is 0 Å². The standard InChI is InChI=1S/C16H26N2O3S/c1-3-21-10-12-5-4-8-17(9-12)15(20)13-11-22-16(2)7-6-14(19)18(13)16/h12-13H,3-11H2,1-2H3/t12-,13+,16+/m1/s1. The first-order chi connectivity index (χ1) is 10.5. The third-order valence-electron chi connectivity index (χ3n) is 5.12. The summed E-state index contributed by atoms with van der Waals surface area (Å²) < 4.78 is 5.52. The molecule has 3 heterocycles. The highest BCUT2D eigenvalue weighted by molar-refractivity contribution is 8.01. The van der Waals surface area contributed by atoms with Crippen molar-refractivity contribution in [3.63, 3.8) is 0 Å². The molecule has 2 amide bonds. The third kappa shape index (κ3) is 2.87. The molecule has 3 saturated heterocycles. The van der Waals surface area contributed by atoms with E-state index in [1.807, 2.05) is 16.7 Å². The van der Waals surface area contributed by atoms with Crippen molar-refractivity contribution in [2.75, 3.05) is 32.1 Å². The zero-order chi connectivity index (χ0) is 15.7. The maximum atomic E-state index is 12.9. The minimum atomic E-state index is -0.254. The number of rotatable bonds is 4. The van der Waals surface area contributed by atoms with Crippen LogP contribution in [0.25, 0.3) is 0 Å². The molecule has 0 saturated carbocycles. The Kier molecular flexibility index (Phi) is 4.69. The zero-order valence-corrected chi connectivity index (χ0v) is 14.4. The Bertz CT molecular complexity index is 459. The number of carbonyl (C=O) groups is 2. The van der Waals surface area contributed by atoms with E-state index in [0.717, 1.165) is 51.3 Å². The van der Waals surface area contributed by atoms with Crippen molar-refractivity contribution >= 4 is 23.6 Å². The molecule has 0 radical (unpaired) electrons. The maximum Gasteiger partial charge on any atom is 0.246 e. The Hall–Kier alpha value is -0.750. The van der Waals surface area contributed by atoms with E-state index >= 15 is 0 Å². The van der Waals surface area contributed by atoms with Crippen molar-refractivity contribution in [2.45, 2.75) is 50.4 Å². The molecule has 5 nitrogen and oxygen atoms in total. The topological polar surface area (TPSA) is 49.9 Å². The smallest absolute Gasteiger partial charge is 0.246 e.